The zero-order valence-corrected chi connectivity index (χ0v) is 31.5. The fraction of sp³-hybridized carbons (Fsp3) is 0.293. The zero-order chi connectivity index (χ0) is 40.6. The van der Waals surface area contributed by atoms with Crippen LogP contribution in [0, 0.1) is 23.7 Å². The number of carbonyl (C=O) groups excluding carboxylic acids is 4. The van der Waals surface area contributed by atoms with E-state index in [1.807, 2.05) is 6.08 Å². The molecule has 8 rings (SSSR count). The Bertz CT molecular complexity index is 2360. The van der Waals surface area contributed by atoms with Crippen molar-refractivity contribution in [3.05, 3.63) is 123 Å². The van der Waals surface area contributed by atoms with Crippen molar-refractivity contribution in [3.8, 4) is 17.2 Å². The molecule has 3 aromatic carbocycles. The van der Waals surface area contributed by atoms with Crippen LogP contribution in [0.15, 0.2) is 90.6 Å². The predicted molar refractivity (Wildman–Crippen MR) is 200 cm³/mol. The third-order valence-electron chi connectivity index (χ3n) is 11.8. The van der Waals surface area contributed by atoms with Gasteiger partial charge in [-0.1, -0.05) is 65.2 Å². The van der Waals surface area contributed by atoms with E-state index in [4.69, 9.17) is 27.9 Å². The van der Waals surface area contributed by atoms with E-state index >= 15 is 4.79 Å². The van der Waals surface area contributed by atoms with Gasteiger partial charge < -0.3 is 14.9 Å². The fourth-order valence-electron chi connectivity index (χ4n) is 9.29. The van der Waals surface area contributed by atoms with E-state index in [9.17, 15) is 37.8 Å². The average molecular weight is 822 g/mol. The number of benzene rings is 3. The van der Waals surface area contributed by atoms with Gasteiger partial charge in [-0.2, -0.15) is 18.2 Å². The molecule has 3 N–H and O–H groups in total. The first-order valence-corrected chi connectivity index (χ1v) is 18.7. The molecule has 6 atom stereocenters. The van der Waals surface area contributed by atoms with E-state index in [1.165, 1.54) is 30.2 Å². The summed E-state index contributed by atoms with van der Waals surface area (Å²) in [4.78, 5) is 63.7. The van der Waals surface area contributed by atoms with Crippen LogP contribution in [-0.2, 0) is 37.2 Å². The van der Waals surface area contributed by atoms with E-state index in [2.05, 4.69) is 10.4 Å². The second-order valence-electron chi connectivity index (χ2n) is 14.6. The molecule has 11 nitrogen and oxygen atoms in total. The Kier molecular flexibility index (Phi) is 9.47. The number of nitrogens with zero attached hydrogens (tertiary/aromatic N) is 3. The number of hydrogen-bond acceptors (Lipinski definition) is 9. The van der Waals surface area contributed by atoms with E-state index in [-0.39, 0.29) is 48.1 Å². The highest BCUT2D eigenvalue weighted by Gasteiger charge is 2.71. The van der Waals surface area contributed by atoms with Crippen molar-refractivity contribution in [3.63, 3.8) is 0 Å². The fourth-order valence-corrected chi connectivity index (χ4v) is 9.62. The maximum absolute atomic E-state index is 15.4. The summed E-state index contributed by atoms with van der Waals surface area (Å²) in [6.07, 6.45) is -2.08. The van der Waals surface area contributed by atoms with Crippen LogP contribution in [-0.4, -0.2) is 62.4 Å². The molecule has 3 fully saturated rings. The topological polar surface area (TPSA) is 149 Å². The molecule has 0 spiro atoms. The van der Waals surface area contributed by atoms with E-state index < -0.39 is 75.3 Å². The first-order chi connectivity index (χ1) is 27.2. The molecular formula is C41H33Cl2F3N4O7. The molecule has 16 heteroatoms. The SMILES string of the molecule is COc1cccc(O)c1C1C2=CCC3C(=O)N(CCc4ccc(O)cc4)C(=O)C3C2CC2C(=O)N(Nc3ncc(C(F)(F)F)cc3Cl)C(=O)C21c1ccc(Cl)cc1. The van der Waals surface area contributed by atoms with Crippen molar-refractivity contribution < 1.29 is 47.3 Å². The summed E-state index contributed by atoms with van der Waals surface area (Å²) in [7, 11) is 1.38. The van der Waals surface area contributed by atoms with Crippen molar-refractivity contribution in [1.82, 2.24) is 14.9 Å². The summed E-state index contributed by atoms with van der Waals surface area (Å²) in [6, 6.07) is 17.9. The summed E-state index contributed by atoms with van der Waals surface area (Å²) in [5.74, 6) is -7.75. The number of phenols is 2. The summed E-state index contributed by atoms with van der Waals surface area (Å²) in [6.45, 7) is 0.0718. The standard InChI is InChI=1S/C41H33Cl2F3N4O7/c1-57-31-4-2-3-30(52)33(31)34-25-13-14-26-32(38(55)49(36(26)53)16-15-20-5-11-24(51)12-6-20)27(25)18-28-37(54)50(39(56)40(28,34)21-7-9-23(42)10-8-21)48-35-29(43)17-22(19-47-35)41(44,45)46/h2-13,17,19,26-28,32,34,51-52H,14-16,18H2,1H3,(H,47,48). The number of alkyl halides is 3. The van der Waals surface area contributed by atoms with E-state index in [1.54, 1.807) is 48.5 Å². The van der Waals surface area contributed by atoms with E-state index in [0.29, 0.717) is 39.9 Å². The highest BCUT2D eigenvalue weighted by molar-refractivity contribution is 6.33. The molecule has 1 saturated carbocycles. The second-order valence-corrected chi connectivity index (χ2v) is 15.4. The number of hydrogen-bond donors (Lipinski definition) is 3. The number of methoxy groups -OCH3 is 1. The van der Waals surface area contributed by atoms with Crippen molar-refractivity contribution >= 4 is 52.6 Å². The maximum Gasteiger partial charge on any atom is 0.417 e. The van der Waals surface area contributed by atoms with Crippen LogP contribution in [0.1, 0.15) is 41.0 Å². The predicted octanol–water partition coefficient (Wildman–Crippen LogP) is 7.05. The minimum absolute atomic E-state index is 0.0718. The summed E-state index contributed by atoms with van der Waals surface area (Å²) in [5, 5.41) is 21.9. The molecule has 2 aliphatic carbocycles. The van der Waals surface area contributed by atoms with E-state index in [0.717, 1.165) is 5.56 Å². The lowest BCUT2D eigenvalue weighted by molar-refractivity contribution is -0.141. The number of nitrogens with one attached hydrogen (secondary N) is 1. The Labute approximate surface area is 333 Å². The molecule has 2 saturated heterocycles. The summed E-state index contributed by atoms with van der Waals surface area (Å²) in [5.41, 5.74) is 1.40. The number of pyridine rings is 1. The minimum atomic E-state index is -4.77. The van der Waals surface area contributed by atoms with Crippen molar-refractivity contribution in [1.29, 1.82) is 0 Å². The van der Waals surface area contributed by atoms with Crippen LogP contribution >= 0.6 is 23.2 Å². The molecule has 2 aliphatic heterocycles. The third kappa shape index (κ3) is 6.08. The van der Waals surface area contributed by atoms with Gasteiger partial charge in [-0.15, -0.1) is 0 Å². The number of phenolic OH excluding ortho intramolecular Hbond substituents is 2. The van der Waals surface area contributed by atoms with Crippen molar-refractivity contribution in [2.75, 3.05) is 19.1 Å². The molecular weight excluding hydrogens is 788 g/mol. The van der Waals surface area contributed by atoms with Crippen LogP contribution in [0.4, 0.5) is 19.0 Å². The lowest BCUT2D eigenvalue weighted by Gasteiger charge is -2.50. The lowest BCUT2D eigenvalue weighted by Crippen LogP contribution is -2.53. The highest BCUT2D eigenvalue weighted by atomic mass is 35.5. The Morgan fingerprint density at radius 3 is 2.33 bits per heavy atom. The number of rotatable bonds is 8. The lowest BCUT2D eigenvalue weighted by atomic mass is 9.49. The molecule has 0 radical (unpaired) electrons. The Hall–Kier alpha value is -5.60. The number of anilines is 1. The number of imide groups is 2. The highest BCUT2D eigenvalue weighted by Crippen LogP contribution is 2.66. The number of carbonyl (C=O) groups is 4. The third-order valence-corrected chi connectivity index (χ3v) is 12.3. The zero-order valence-electron chi connectivity index (χ0n) is 30.0. The number of aromatic hydroxyl groups is 2. The molecule has 6 unspecified atom stereocenters. The number of allylic oxidation sites excluding steroid dienone is 2. The Morgan fingerprint density at radius 2 is 1.67 bits per heavy atom. The monoisotopic (exact) mass is 820 g/mol. The number of ether oxygens (including phenoxy) is 1. The molecule has 294 valence electrons. The number of hydrazine groups is 1. The largest absolute Gasteiger partial charge is 0.508 e. The summed E-state index contributed by atoms with van der Waals surface area (Å²) < 4.78 is 46.3. The number of likely N-dealkylation sites (tertiary alicyclic amines) is 1. The van der Waals surface area contributed by atoms with Crippen LogP contribution in [0.2, 0.25) is 10.0 Å². The van der Waals surface area contributed by atoms with Crippen molar-refractivity contribution in [2.45, 2.75) is 36.8 Å². The molecule has 4 amide bonds. The summed E-state index contributed by atoms with van der Waals surface area (Å²) >= 11 is 12.6. The molecule has 57 heavy (non-hydrogen) atoms. The first-order valence-electron chi connectivity index (χ1n) is 18.0. The maximum atomic E-state index is 15.4. The van der Waals surface area contributed by atoms with Crippen LogP contribution in [0.3, 0.4) is 0 Å². The van der Waals surface area contributed by atoms with Gasteiger partial charge in [-0.05, 0) is 78.8 Å². The Morgan fingerprint density at radius 1 is 0.947 bits per heavy atom. The minimum Gasteiger partial charge on any atom is -0.508 e. The quantitative estimate of drug-likeness (QED) is 0.126. The molecule has 4 aliphatic rings. The van der Waals surface area contributed by atoms with Gasteiger partial charge in [0, 0.05) is 29.2 Å². The van der Waals surface area contributed by atoms with Gasteiger partial charge in [0.15, 0.2) is 5.82 Å². The number of halogens is 5. The van der Waals surface area contributed by atoms with Gasteiger partial charge in [0.25, 0.3) is 11.8 Å². The smallest absolute Gasteiger partial charge is 0.417 e. The average Bonchev–Trinajstić information content (AvgIpc) is 3.55. The van der Waals surface area contributed by atoms with Crippen LogP contribution < -0.4 is 10.2 Å². The van der Waals surface area contributed by atoms with Gasteiger partial charge in [0.05, 0.1) is 40.9 Å². The van der Waals surface area contributed by atoms with Crippen LogP contribution in [0.5, 0.6) is 17.2 Å². The Balaban J connectivity index is 1.28. The van der Waals surface area contributed by atoms with Crippen molar-refractivity contribution in [2.24, 2.45) is 23.7 Å². The van der Waals surface area contributed by atoms with Gasteiger partial charge in [-0.25, -0.2) is 4.98 Å². The van der Waals surface area contributed by atoms with Crippen LogP contribution in [0.25, 0.3) is 0 Å². The van der Waals surface area contributed by atoms with Gasteiger partial charge in [0.1, 0.15) is 17.2 Å². The number of fused-ring (bicyclic) bond motifs is 4. The number of aromatic nitrogens is 1. The normalized spacial score (nSPS) is 25.6. The van der Waals surface area contributed by atoms with Gasteiger partial charge in [-0.3, -0.25) is 29.5 Å². The molecule has 1 aromatic heterocycles. The molecule has 0 bridgehead atoms. The second kappa shape index (κ2) is 14.1. The van der Waals surface area contributed by atoms with Gasteiger partial charge >= 0.3 is 6.18 Å². The first kappa shape index (κ1) is 38.3. The van der Waals surface area contributed by atoms with Gasteiger partial charge in [0.2, 0.25) is 11.8 Å². The molecule has 3 heterocycles. The molecule has 4 aromatic rings. The number of amides is 4.